The summed E-state index contributed by atoms with van der Waals surface area (Å²) in [6.45, 7) is 4.95. The molecule has 8 heteroatoms. The highest BCUT2D eigenvalue weighted by atomic mass is 35.5. The van der Waals surface area contributed by atoms with Gasteiger partial charge in [-0.3, -0.25) is 9.59 Å². The predicted molar refractivity (Wildman–Crippen MR) is 121 cm³/mol. The Morgan fingerprint density at radius 2 is 1.84 bits per heavy atom. The van der Waals surface area contributed by atoms with E-state index in [9.17, 15) is 9.59 Å². The van der Waals surface area contributed by atoms with E-state index < -0.39 is 0 Å². The van der Waals surface area contributed by atoms with Crippen LogP contribution in [0.15, 0.2) is 58.9 Å². The summed E-state index contributed by atoms with van der Waals surface area (Å²) in [5.74, 6) is -0.304. The van der Waals surface area contributed by atoms with E-state index in [0.717, 1.165) is 11.3 Å². The zero-order chi connectivity index (χ0) is 21.8. The number of aryl methyl sites for hydroxylation is 1. The van der Waals surface area contributed by atoms with Crippen molar-refractivity contribution in [2.45, 2.75) is 13.5 Å². The van der Waals surface area contributed by atoms with Gasteiger partial charge in [0.2, 0.25) is 0 Å². The van der Waals surface area contributed by atoms with Gasteiger partial charge >= 0.3 is 0 Å². The standard InChI is InChI=1S/C23H22ClN3O3S/c1-16-15-31-23(25-21(28)19-3-2-4-20(24)13-19)27(16)14-17-5-7-18(8-6-17)22(29)26-9-11-30-12-10-26/h2-8,13,15H,9-12,14H2,1H3. The second kappa shape index (κ2) is 9.60. The number of nitrogens with zero attached hydrogens (tertiary/aromatic N) is 3. The number of halogens is 1. The zero-order valence-electron chi connectivity index (χ0n) is 17.1. The van der Waals surface area contributed by atoms with Gasteiger partial charge in [0.05, 0.1) is 19.8 Å². The van der Waals surface area contributed by atoms with Crippen LogP contribution in [0.5, 0.6) is 0 Å². The van der Waals surface area contributed by atoms with E-state index in [2.05, 4.69) is 4.99 Å². The van der Waals surface area contributed by atoms with Crippen molar-refractivity contribution >= 4 is 34.8 Å². The maximum Gasteiger partial charge on any atom is 0.279 e. The molecule has 0 spiro atoms. The van der Waals surface area contributed by atoms with E-state index in [-0.39, 0.29) is 11.8 Å². The summed E-state index contributed by atoms with van der Waals surface area (Å²) in [7, 11) is 0. The molecular weight excluding hydrogens is 434 g/mol. The normalized spacial score (nSPS) is 14.6. The lowest BCUT2D eigenvalue weighted by Crippen LogP contribution is -2.40. The van der Waals surface area contributed by atoms with Gasteiger partial charge in [-0.25, -0.2) is 0 Å². The fraction of sp³-hybridized carbons (Fsp3) is 0.261. The third kappa shape index (κ3) is 5.12. The Bertz CT molecular complexity index is 1160. The molecule has 2 amide bonds. The molecule has 3 aromatic rings. The molecule has 1 aliphatic heterocycles. The molecule has 1 saturated heterocycles. The lowest BCUT2D eigenvalue weighted by atomic mass is 10.1. The van der Waals surface area contributed by atoms with Crippen LogP contribution in [0, 0.1) is 6.92 Å². The first-order valence-corrected chi connectivity index (χ1v) is 11.2. The van der Waals surface area contributed by atoms with Gasteiger partial charge in [-0.1, -0.05) is 29.8 Å². The maximum absolute atomic E-state index is 12.6. The fourth-order valence-electron chi connectivity index (χ4n) is 3.35. The molecule has 160 valence electrons. The van der Waals surface area contributed by atoms with Crippen LogP contribution >= 0.6 is 22.9 Å². The lowest BCUT2D eigenvalue weighted by molar-refractivity contribution is 0.0303. The summed E-state index contributed by atoms with van der Waals surface area (Å²) in [4.78, 5) is 31.9. The van der Waals surface area contributed by atoms with Crippen LogP contribution in [0.25, 0.3) is 0 Å². The van der Waals surface area contributed by atoms with Gasteiger partial charge in [0, 0.05) is 40.3 Å². The third-order valence-corrected chi connectivity index (χ3v) is 6.32. The van der Waals surface area contributed by atoms with Crippen molar-refractivity contribution in [3.63, 3.8) is 0 Å². The Kier molecular flexibility index (Phi) is 6.65. The molecule has 4 rings (SSSR count). The summed E-state index contributed by atoms with van der Waals surface area (Å²) in [5.41, 5.74) is 3.16. The molecule has 2 aromatic carbocycles. The van der Waals surface area contributed by atoms with E-state index in [4.69, 9.17) is 16.3 Å². The topological polar surface area (TPSA) is 63.9 Å². The van der Waals surface area contributed by atoms with Gasteiger partial charge in [0.25, 0.3) is 11.8 Å². The van der Waals surface area contributed by atoms with E-state index >= 15 is 0 Å². The SMILES string of the molecule is Cc1csc(=NC(=O)c2cccc(Cl)c2)n1Cc1ccc(C(=O)N2CCOCC2)cc1. The van der Waals surface area contributed by atoms with Gasteiger partial charge < -0.3 is 14.2 Å². The molecule has 1 fully saturated rings. The summed E-state index contributed by atoms with van der Waals surface area (Å²) in [6.07, 6.45) is 0. The van der Waals surface area contributed by atoms with Crippen molar-refractivity contribution in [1.29, 1.82) is 0 Å². The highest BCUT2D eigenvalue weighted by Crippen LogP contribution is 2.13. The Morgan fingerprint density at radius 3 is 2.55 bits per heavy atom. The maximum atomic E-state index is 12.6. The zero-order valence-corrected chi connectivity index (χ0v) is 18.7. The number of ether oxygens (including phenoxy) is 1. The number of carbonyl (C=O) groups excluding carboxylic acids is 2. The van der Waals surface area contributed by atoms with Crippen molar-refractivity contribution in [3.05, 3.63) is 86.1 Å². The number of morpholine rings is 1. The van der Waals surface area contributed by atoms with Crippen molar-refractivity contribution in [3.8, 4) is 0 Å². The molecule has 1 aromatic heterocycles. The fourth-order valence-corrected chi connectivity index (χ4v) is 4.42. The summed E-state index contributed by atoms with van der Waals surface area (Å²) >= 11 is 7.41. The first-order valence-electron chi connectivity index (χ1n) is 9.97. The molecule has 0 saturated carbocycles. The van der Waals surface area contributed by atoms with Crippen LogP contribution in [0.4, 0.5) is 0 Å². The van der Waals surface area contributed by atoms with E-state index in [0.29, 0.717) is 53.8 Å². The monoisotopic (exact) mass is 455 g/mol. The number of amides is 2. The van der Waals surface area contributed by atoms with Crippen LogP contribution < -0.4 is 4.80 Å². The number of hydrogen-bond acceptors (Lipinski definition) is 4. The molecule has 0 bridgehead atoms. The number of carbonyl (C=O) groups is 2. The first kappa shape index (κ1) is 21.5. The lowest BCUT2D eigenvalue weighted by Gasteiger charge is -2.26. The molecule has 2 heterocycles. The first-order chi connectivity index (χ1) is 15.0. The molecule has 31 heavy (non-hydrogen) atoms. The van der Waals surface area contributed by atoms with Crippen LogP contribution in [-0.2, 0) is 11.3 Å². The largest absolute Gasteiger partial charge is 0.378 e. The van der Waals surface area contributed by atoms with Crippen LogP contribution in [0.1, 0.15) is 32.0 Å². The van der Waals surface area contributed by atoms with Crippen LogP contribution in [0.3, 0.4) is 0 Å². The van der Waals surface area contributed by atoms with Gasteiger partial charge in [0.15, 0.2) is 4.80 Å². The number of hydrogen-bond donors (Lipinski definition) is 0. The van der Waals surface area contributed by atoms with Crippen LogP contribution in [-0.4, -0.2) is 47.6 Å². The second-order valence-electron chi connectivity index (χ2n) is 7.27. The van der Waals surface area contributed by atoms with Gasteiger partial charge in [0.1, 0.15) is 0 Å². The molecule has 0 atom stereocenters. The average Bonchev–Trinajstić information content (AvgIpc) is 3.13. The minimum absolute atomic E-state index is 0.0250. The van der Waals surface area contributed by atoms with Crippen molar-refractivity contribution in [2.75, 3.05) is 26.3 Å². The molecule has 0 radical (unpaired) electrons. The smallest absolute Gasteiger partial charge is 0.279 e. The van der Waals surface area contributed by atoms with E-state index in [1.807, 2.05) is 46.0 Å². The van der Waals surface area contributed by atoms with Crippen molar-refractivity contribution in [2.24, 2.45) is 4.99 Å². The van der Waals surface area contributed by atoms with E-state index in [1.54, 1.807) is 24.3 Å². The molecule has 1 aliphatic rings. The summed E-state index contributed by atoms with van der Waals surface area (Å²) in [6, 6.07) is 14.4. The van der Waals surface area contributed by atoms with Crippen molar-refractivity contribution in [1.82, 2.24) is 9.47 Å². The predicted octanol–water partition coefficient (Wildman–Crippen LogP) is 3.77. The van der Waals surface area contributed by atoms with Crippen LogP contribution in [0.2, 0.25) is 5.02 Å². The Hall–Kier alpha value is -2.74. The van der Waals surface area contributed by atoms with Crippen molar-refractivity contribution < 1.29 is 14.3 Å². The minimum atomic E-state index is -0.329. The Labute approximate surface area is 189 Å². The number of thiazole rings is 1. The van der Waals surface area contributed by atoms with Gasteiger partial charge in [-0.15, -0.1) is 11.3 Å². The molecule has 0 N–H and O–H groups in total. The van der Waals surface area contributed by atoms with E-state index in [1.165, 1.54) is 11.3 Å². The second-order valence-corrected chi connectivity index (χ2v) is 8.55. The number of benzene rings is 2. The third-order valence-electron chi connectivity index (χ3n) is 5.10. The molecule has 6 nitrogen and oxygen atoms in total. The van der Waals surface area contributed by atoms with Gasteiger partial charge in [-0.05, 0) is 42.8 Å². The quantitative estimate of drug-likeness (QED) is 0.601. The summed E-state index contributed by atoms with van der Waals surface area (Å²) < 4.78 is 7.30. The van der Waals surface area contributed by atoms with Gasteiger partial charge in [-0.2, -0.15) is 4.99 Å². The Morgan fingerprint density at radius 1 is 1.10 bits per heavy atom. The highest BCUT2D eigenvalue weighted by Gasteiger charge is 2.18. The number of rotatable bonds is 4. The average molecular weight is 456 g/mol. The minimum Gasteiger partial charge on any atom is -0.378 e. The summed E-state index contributed by atoms with van der Waals surface area (Å²) in [5, 5.41) is 2.48. The molecule has 0 unspecified atom stereocenters. The Balaban J connectivity index is 1.53. The highest BCUT2D eigenvalue weighted by molar-refractivity contribution is 7.07. The number of aromatic nitrogens is 1. The molecule has 0 aliphatic carbocycles. The molecular formula is C23H22ClN3O3S.